The molecule has 0 aliphatic heterocycles. The topological polar surface area (TPSA) is 12.0 Å². The molecule has 2 unspecified atom stereocenters. The highest BCUT2D eigenvalue weighted by Gasteiger charge is 2.28. The molecule has 0 amide bonds. The first-order valence-electron chi connectivity index (χ1n) is 8.04. The first kappa shape index (κ1) is 15.5. The highest BCUT2D eigenvalue weighted by molar-refractivity contribution is 5.28. The van der Waals surface area contributed by atoms with Crippen LogP contribution in [0, 0.1) is 24.6 Å². The summed E-state index contributed by atoms with van der Waals surface area (Å²) in [5.41, 5.74) is 2.11. The van der Waals surface area contributed by atoms with Gasteiger partial charge in [-0.1, -0.05) is 44.4 Å². The zero-order valence-electron chi connectivity index (χ0n) is 13.1. The number of benzene rings is 1. The second-order valence-electron chi connectivity index (χ2n) is 6.73. The first-order chi connectivity index (χ1) is 9.58. The minimum Gasteiger partial charge on any atom is -0.316 e. The van der Waals surface area contributed by atoms with Gasteiger partial charge in [-0.15, -0.1) is 0 Å². The molecule has 0 bridgehead atoms. The lowest BCUT2D eigenvalue weighted by atomic mass is 9.75. The Hall–Kier alpha value is -0.890. The minimum atomic E-state index is -0.0173. The van der Waals surface area contributed by atoms with Crippen LogP contribution in [0.2, 0.25) is 0 Å². The second-order valence-corrected chi connectivity index (χ2v) is 6.73. The summed E-state index contributed by atoms with van der Waals surface area (Å²) in [4.78, 5) is 0. The molecule has 1 saturated carbocycles. The molecule has 1 nitrogen and oxygen atoms in total. The van der Waals surface area contributed by atoms with Crippen LogP contribution in [0.15, 0.2) is 18.2 Å². The van der Waals surface area contributed by atoms with E-state index in [0.717, 1.165) is 25.1 Å². The number of hydrogen-bond donors (Lipinski definition) is 1. The van der Waals surface area contributed by atoms with Crippen molar-refractivity contribution in [2.75, 3.05) is 13.1 Å². The van der Waals surface area contributed by atoms with E-state index in [1.807, 2.05) is 6.07 Å². The van der Waals surface area contributed by atoms with E-state index >= 15 is 0 Å². The fraction of sp³-hybridized carbons (Fsp3) is 0.667. The van der Waals surface area contributed by atoms with E-state index in [-0.39, 0.29) is 5.82 Å². The molecule has 0 radical (unpaired) electrons. The van der Waals surface area contributed by atoms with Crippen LogP contribution in [0.5, 0.6) is 0 Å². The molecule has 1 fully saturated rings. The Balaban J connectivity index is 2.07. The van der Waals surface area contributed by atoms with Crippen molar-refractivity contribution in [2.45, 2.75) is 52.4 Å². The summed E-state index contributed by atoms with van der Waals surface area (Å²) in [5.74, 6) is 1.63. The zero-order chi connectivity index (χ0) is 14.5. The maximum Gasteiger partial charge on any atom is 0.126 e. The maximum atomic E-state index is 14.2. The van der Waals surface area contributed by atoms with E-state index in [2.05, 4.69) is 32.2 Å². The van der Waals surface area contributed by atoms with E-state index in [1.54, 1.807) is 6.07 Å². The smallest absolute Gasteiger partial charge is 0.126 e. The van der Waals surface area contributed by atoms with Crippen molar-refractivity contribution in [2.24, 2.45) is 11.8 Å². The molecule has 0 heterocycles. The molecule has 0 aromatic heterocycles. The Bertz CT molecular complexity index is 427. The summed E-state index contributed by atoms with van der Waals surface area (Å²) in [6.45, 7) is 8.59. The predicted octanol–water partition coefficient (Wildman–Crippen LogP) is 4.65. The molecule has 2 atom stereocenters. The van der Waals surface area contributed by atoms with Gasteiger partial charge in [0.2, 0.25) is 0 Å². The Morgan fingerprint density at radius 3 is 2.75 bits per heavy atom. The van der Waals surface area contributed by atoms with Gasteiger partial charge in [-0.3, -0.25) is 0 Å². The van der Waals surface area contributed by atoms with Crippen LogP contribution in [0.1, 0.15) is 56.6 Å². The van der Waals surface area contributed by atoms with Gasteiger partial charge >= 0.3 is 0 Å². The maximum absolute atomic E-state index is 14.2. The van der Waals surface area contributed by atoms with Crippen LogP contribution < -0.4 is 5.32 Å². The number of nitrogens with one attached hydrogen (secondary N) is 1. The van der Waals surface area contributed by atoms with Crippen molar-refractivity contribution in [1.82, 2.24) is 5.32 Å². The van der Waals surface area contributed by atoms with E-state index in [4.69, 9.17) is 0 Å². The molecule has 1 aromatic rings. The Labute approximate surface area is 123 Å². The number of hydrogen-bond acceptors (Lipinski definition) is 1. The fourth-order valence-electron chi connectivity index (χ4n) is 3.37. The molecule has 0 spiro atoms. The van der Waals surface area contributed by atoms with Crippen molar-refractivity contribution < 1.29 is 4.39 Å². The number of aryl methyl sites for hydroxylation is 1. The normalized spacial score (nSPS) is 23.2. The summed E-state index contributed by atoms with van der Waals surface area (Å²) in [7, 11) is 0. The highest BCUT2D eigenvalue weighted by Crippen LogP contribution is 2.38. The largest absolute Gasteiger partial charge is 0.316 e. The SMILES string of the molecule is Cc1ccc(F)c(C2CCCCC2CNCC(C)C)c1. The Morgan fingerprint density at radius 2 is 2.00 bits per heavy atom. The average Bonchev–Trinajstić information content (AvgIpc) is 2.42. The lowest BCUT2D eigenvalue weighted by Crippen LogP contribution is -2.32. The third kappa shape index (κ3) is 4.05. The van der Waals surface area contributed by atoms with Crippen LogP contribution in [-0.4, -0.2) is 13.1 Å². The minimum absolute atomic E-state index is 0.0173. The van der Waals surface area contributed by atoms with Crippen LogP contribution in [0.4, 0.5) is 4.39 Å². The molecule has 0 saturated heterocycles. The van der Waals surface area contributed by atoms with Crippen molar-refractivity contribution in [3.05, 3.63) is 35.1 Å². The van der Waals surface area contributed by atoms with Gasteiger partial charge in [-0.2, -0.15) is 0 Å². The van der Waals surface area contributed by atoms with Gasteiger partial charge in [0.25, 0.3) is 0 Å². The standard InChI is InChI=1S/C18H28FN/c1-13(2)11-20-12-15-6-4-5-7-16(15)17-10-14(3)8-9-18(17)19/h8-10,13,15-16,20H,4-7,11-12H2,1-3H3. The quantitative estimate of drug-likeness (QED) is 0.826. The Morgan fingerprint density at radius 1 is 1.25 bits per heavy atom. The van der Waals surface area contributed by atoms with Crippen molar-refractivity contribution in [3.63, 3.8) is 0 Å². The molecule has 2 heteroatoms. The summed E-state index contributed by atoms with van der Waals surface area (Å²) in [6, 6.07) is 5.56. The number of rotatable bonds is 5. The van der Waals surface area contributed by atoms with Crippen molar-refractivity contribution in [3.8, 4) is 0 Å². The predicted molar refractivity (Wildman–Crippen MR) is 83.5 cm³/mol. The van der Waals surface area contributed by atoms with Crippen LogP contribution in [0.25, 0.3) is 0 Å². The Kier molecular flexibility index (Phi) is 5.59. The molecule has 112 valence electrons. The molecule has 1 N–H and O–H groups in total. The highest BCUT2D eigenvalue weighted by atomic mass is 19.1. The van der Waals surface area contributed by atoms with Crippen LogP contribution >= 0.6 is 0 Å². The van der Waals surface area contributed by atoms with E-state index in [1.165, 1.54) is 24.8 Å². The molecule has 1 aliphatic carbocycles. The molecule has 20 heavy (non-hydrogen) atoms. The number of halogens is 1. The van der Waals surface area contributed by atoms with E-state index < -0.39 is 0 Å². The molecule has 1 aliphatic rings. The first-order valence-corrected chi connectivity index (χ1v) is 8.04. The van der Waals surface area contributed by atoms with Crippen LogP contribution in [-0.2, 0) is 0 Å². The van der Waals surface area contributed by atoms with Gasteiger partial charge in [-0.05, 0) is 62.2 Å². The van der Waals surface area contributed by atoms with Gasteiger partial charge in [0.1, 0.15) is 5.82 Å². The summed E-state index contributed by atoms with van der Waals surface area (Å²) >= 11 is 0. The van der Waals surface area contributed by atoms with E-state index in [0.29, 0.717) is 17.8 Å². The zero-order valence-corrected chi connectivity index (χ0v) is 13.1. The van der Waals surface area contributed by atoms with Gasteiger partial charge in [0.15, 0.2) is 0 Å². The third-order valence-corrected chi connectivity index (χ3v) is 4.42. The second kappa shape index (κ2) is 7.21. The van der Waals surface area contributed by atoms with Gasteiger partial charge < -0.3 is 5.32 Å². The van der Waals surface area contributed by atoms with Crippen LogP contribution in [0.3, 0.4) is 0 Å². The molecular weight excluding hydrogens is 249 g/mol. The van der Waals surface area contributed by atoms with E-state index in [9.17, 15) is 4.39 Å². The molecular formula is C18H28FN. The molecule has 2 rings (SSSR count). The van der Waals surface area contributed by atoms with Gasteiger partial charge in [-0.25, -0.2) is 4.39 Å². The summed E-state index contributed by atoms with van der Waals surface area (Å²) in [6.07, 6.45) is 4.88. The summed E-state index contributed by atoms with van der Waals surface area (Å²) in [5, 5.41) is 3.57. The molecule has 1 aromatic carbocycles. The lowest BCUT2D eigenvalue weighted by Gasteiger charge is -2.32. The van der Waals surface area contributed by atoms with Gasteiger partial charge in [0.05, 0.1) is 0 Å². The lowest BCUT2D eigenvalue weighted by molar-refractivity contribution is 0.287. The fourth-order valence-corrected chi connectivity index (χ4v) is 3.37. The van der Waals surface area contributed by atoms with Gasteiger partial charge in [0, 0.05) is 0 Å². The average molecular weight is 277 g/mol. The third-order valence-electron chi connectivity index (χ3n) is 4.42. The summed E-state index contributed by atoms with van der Waals surface area (Å²) < 4.78 is 14.2. The van der Waals surface area contributed by atoms with Crippen molar-refractivity contribution in [1.29, 1.82) is 0 Å². The van der Waals surface area contributed by atoms with Crippen molar-refractivity contribution >= 4 is 0 Å². The monoisotopic (exact) mass is 277 g/mol.